The van der Waals surface area contributed by atoms with Crippen LogP contribution in [0.4, 0.5) is 5.69 Å². The Balaban J connectivity index is 1.29. The Morgan fingerprint density at radius 2 is 1.33 bits per heavy atom. The van der Waals surface area contributed by atoms with E-state index in [0.29, 0.717) is 23.2 Å². The molecular formula is C35H27ClN2O4S. The molecule has 8 heteroatoms. The first kappa shape index (κ1) is 28.4. The number of aryl methyl sites for hydroxylation is 2. The molecule has 0 spiro atoms. The van der Waals surface area contributed by atoms with Crippen LogP contribution in [0.2, 0.25) is 5.02 Å². The van der Waals surface area contributed by atoms with Crippen molar-refractivity contribution < 1.29 is 18.0 Å². The van der Waals surface area contributed by atoms with Gasteiger partial charge in [0, 0.05) is 16.8 Å². The molecule has 6 rings (SSSR count). The minimum Gasteiger partial charge on any atom is -0.304 e. The highest BCUT2D eigenvalue weighted by atomic mass is 35.5. The van der Waals surface area contributed by atoms with E-state index < -0.39 is 15.9 Å². The lowest BCUT2D eigenvalue weighted by Gasteiger charge is -2.28. The van der Waals surface area contributed by atoms with Crippen molar-refractivity contribution in [3.05, 3.63) is 154 Å². The fourth-order valence-electron chi connectivity index (χ4n) is 5.40. The van der Waals surface area contributed by atoms with Crippen LogP contribution < -0.4 is 9.62 Å². The van der Waals surface area contributed by atoms with E-state index in [1.807, 2.05) is 71.6 Å². The van der Waals surface area contributed by atoms with Crippen LogP contribution in [0.15, 0.2) is 126 Å². The van der Waals surface area contributed by atoms with E-state index in [4.69, 9.17) is 11.6 Å². The van der Waals surface area contributed by atoms with Gasteiger partial charge in [-0.3, -0.25) is 9.59 Å². The summed E-state index contributed by atoms with van der Waals surface area (Å²) in [4.78, 5) is 28.4. The lowest BCUT2D eigenvalue weighted by Crippen LogP contribution is -2.33. The number of halogens is 1. The molecule has 1 aliphatic heterocycles. The summed E-state index contributed by atoms with van der Waals surface area (Å²) in [5.41, 5.74) is 5.77. The van der Waals surface area contributed by atoms with E-state index in [2.05, 4.69) is 10.8 Å². The van der Waals surface area contributed by atoms with Crippen LogP contribution >= 0.6 is 11.6 Å². The smallest absolute Gasteiger partial charge is 0.266 e. The SMILES string of the molecule is O=C(NS(=O)(=O)c1ccccc1-c1ccc(CN2C(=O)c3ccccc3CCc3ccccc32)cc1)c1ccccc1Cl. The Kier molecular flexibility index (Phi) is 7.84. The van der Waals surface area contributed by atoms with Gasteiger partial charge in [0.25, 0.3) is 21.8 Å². The summed E-state index contributed by atoms with van der Waals surface area (Å²) >= 11 is 6.10. The minimum absolute atomic E-state index is 0.0346. The normalized spacial score (nSPS) is 13.0. The van der Waals surface area contributed by atoms with Gasteiger partial charge >= 0.3 is 0 Å². The molecule has 0 fully saturated rings. The first-order valence-electron chi connectivity index (χ1n) is 13.8. The zero-order valence-corrected chi connectivity index (χ0v) is 24.6. The molecule has 1 aliphatic rings. The summed E-state index contributed by atoms with van der Waals surface area (Å²) in [6, 6.07) is 35.9. The van der Waals surface area contributed by atoms with Crippen LogP contribution in [-0.2, 0) is 29.4 Å². The van der Waals surface area contributed by atoms with Crippen LogP contribution in [0, 0.1) is 0 Å². The van der Waals surface area contributed by atoms with Gasteiger partial charge in [-0.15, -0.1) is 0 Å². The summed E-state index contributed by atoms with van der Waals surface area (Å²) in [7, 11) is -4.22. The summed E-state index contributed by atoms with van der Waals surface area (Å²) in [5.74, 6) is -0.868. The van der Waals surface area contributed by atoms with Crippen molar-refractivity contribution in [2.45, 2.75) is 24.3 Å². The van der Waals surface area contributed by atoms with Gasteiger partial charge in [-0.2, -0.15) is 0 Å². The monoisotopic (exact) mass is 606 g/mol. The molecule has 0 atom stereocenters. The molecule has 0 radical (unpaired) electrons. The Morgan fingerprint density at radius 3 is 2.09 bits per heavy atom. The number of sulfonamides is 1. The van der Waals surface area contributed by atoms with E-state index in [0.717, 1.165) is 35.2 Å². The number of hydrogen-bond donors (Lipinski definition) is 1. The number of rotatable bonds is 6. The number of anilines is 1. The Bertz CT molecular complexity index is 1960. The zero-order valence-electron chi connectivity index (χ0n) is 23.0. The molecule has 1 N–H and O–H groups in total. The largest absolute Gasteiger partial charge is 0.304 e. The predicted molar refractivity (Wildman–Crippen MR) is 169 cm³/mol. The van der Waals surface area contributed by atoms with Crippen molar-refractivity contribution in [3.8, 4) is 11.1 Å². The maximum atomic E-state index is 13.8. The van der Waals surface area contributed by atoms with E-state index in [-0.39, 0.29) is 21.4 Å². The fraction of sp³-hybridized carbons (Fsp3) is 0.0857. The second-order valence-electron chi connectivity index (χ2n) is 10.3. The second-order valence-corrected chi connectivity index (χ2v) is 12.3. The highest BCUT2D eigenvalue weighted by molar-refractivity contribution is 7.90. The summed E-state index contributed by atoms with van der Waals surface area (Å²) in [6.07, 6.45) is 1.62. The number of hydrogen-bond acceptors (Lipinski definition) is 4. The van der Waals surface area contributed by atoms with Gasteiger partial charge in [0.2, 0.25) is 0 Å². The lowest BCUT2D eigenvalue weighted by atomic mass is 9.94. The first-order chi connectivity index (χ1) is 20.8. The molecule has 1 heterocycles. The maximum Gasteiger partial charge on any atom is 0.266 e. The van der Waals surface area contributed by atoms with Crippen molar-refractivity contribution in [1.82, 2.24) is 4.72 Å². The van der Waals surface area contributed by atoms with Gasteiger partial charge < -0.3 is 4.90 Å². The van der Waals surface area contributed by atoms with Gasteiger partial charge in [0.05, 0.1) is 22.0 Å². The molecular weight excluding hydrogens is 580 g/mol. The molecule has 0 aliphatic carbocycles. The minimum atomic E-state index is -4.22. The standard InChI is InChI=1S/C35H27ClN2O4S/c36-31-14-6-4-13-30(31)34(39)37-43(41,42)33-16-8-5-11-28(33)26-19-17-24(18-20-26)23-38-32-15-7-2-10-27(32)22-21-25-9-1-3-12-29(25)35(38)40/h1-20H,21-23H2,(H,37,39). The topological polar surface area (TPSA) is 83.6 Å². The highest BCUT2D eigenvalue weighted by Crippen LogP contribution is 2.31. The van der Waals surface area contributed by atoms with Crippen LogP contribution in [0.5, 0.6) is 0 Å². The van der Waals surface area contributed by atoms with Crippen LogP contribution in [-0.4, -0.2) is 20.2 Å². The average Bonchev–Trinajstić information content (AvgIpc) is 3.02. The molecule has 0 saturated heterocycles. The zero-order chi connectivity index (χ0) is 30.0. The van der Waals surface area contributed by atoms with Gasteiger partial charge in [0.15, 0.2) is 0 Å². The van der Waals surface area contributed by atoms with Crippen molar-refractivity contribution in [1.29, 1.82) is 0 Å². The Morgan fingerprint density at radius 1 is 0.721 bits per heavy atom. The molecule has 43 heavy (non-hydrogen) atoms. The third kappa shape index (κ3) is 5.82. The van der Waals surface area contributed by atoms with Gasteiger partial charge in [-0.05, 0) is 65.4 Å². The number of nitrogens with zero attached hydrogens (tertiary/aromatic N) is 1. The molecule has 0 saturated carbocycles. The summed E-state index contributed by atoms with van der Waals surface area (Å²) in [6.45, 7) is 0.346. The highest BCUT2D eigenvalue weighted by Gasteiger charge is 2.26. The molecule has 5 aromatic carbocycles. The number of fused-ring (bicyclic) bond motifs is 2. The Hall–Kier alpha value is -4.72. The van der Waals surface area contributed by atoms with Crippen molar-refractivity contribution in [3.63, 3.8) is 0 Å². The fourth-order valence-corrected chi connectivity index (χ4v) is 6.82. The average molecular weight is 607 g/mol. The van der Waals surface area contributed by atoms with Crippen LogP contribution in [0.3, 0.4) is 0 Å². The number of benzene rings is 5. The van der Waals surface area contributed by atoms with Gasteiger partial charge in [-0.1, -0.05) is 103 Å². The van der Waals surface area contributed by atoms with Gasteiger partial charge in [0.1, 0.15) is 0 Å². The van der Waals surface area contributed by atoms with Crippen LogP contribution in [0.1, 0.15) is 37.4 Å². The van der Waals surface area contributed by atoms with Crippen LogP contribution in [0.25, 0.3) is 11.1 Å². The maximum absolute atomic E-state index is 13.8. The van der Waals surface area contributed by atoms with Crippen molar-refractivity contribution in [2.24, 2.45) is 0 Å². The number of nitrogens with one attached hydrogen (secondary N) is 1. The Labute approximate surface area is 255 Å². The third-order valence-electron chi connectivity index (χ3n) is 7.57. The molecule has 0 bridgehead atoms. The second kappa shape index (κ2) is 11.9. The van der Waals surface area contributed by atoms with E-state index in [1.165, 1.54) is 18.2 Å². The molecule has 2 amide bonds. The summed E-state index contributed by atoms with van der Waals surface area (Å²) < 4.78 is 28.8. The van der Waals surface area contributed by atoms with Crippen molar-refractivity contribution >= 4 is 39.1 Å². The lowest BCUT2D eigenvalue weighted by molar-refractivity contribution is 0.0974. The molecule has 5 aromatic rings. The van der Waals surface area contributed by atoms with E-state index in [9.17, 15) is 18.0 Å². The van der Waals surface area contributed by atoms with E-state index in [1.54, 1.807) is 30.3 Å². The molecule has 6 nitrogen and oxygen atoms in total. The first-order valence-corrected chi connectivity index (χ1v) is 15.7. The quantitative estimate of drug-likeness (QED) is 0.224. The van der Waals surface area contributed by atoms with E-state index >= 15 is 0 Å². The number of amides is 2. The number of carbonyl (C=O) groups excluding carboxylic acids is 2. The van der Waals surface area contributed by atoms with Crippen molar-refractivity contribution in [2.75, 3.05) is 4.90 Å². The molecule has 0 aromatic heterocycles. The number of carbonyl (C=O) groups is 2. The molecule has 214 valence electrons. The van der Waals surface area contributed by atoms with Gasteiger partial charge in [-0.25, -0.2) is 13.1 Å². The predicted octanol–water partition coefficient (Wildman–Crippen LogP) is 7.07. The third-order valence-corrected chi connectivity index (χ3v) is 9.29. The number of para-hydroxylation sites is 1. The molecule has 0 unspecified atom stereocenters. The summed E-state index contributed by atoms with van der Waals surface area (Å²) in [5, 5.41) is 0.156.